The highest BCUT2D eigenvalue weighted by molar-refractivity contribution is 6.36. The summed E-state index contributed by atoms with van der Waals surface area (Å²) in [6.45, 7) is 0. The largest absolute Gasteiger partial charge is 0.497 e. The molecule has 0 aliphatic rings. The third-order valence-electron chi connectivity index (χ3n) is 3.42. The Morgan fingerprint density at radius 2 is 1.85 bits per heavy atom. The third kappa shape index (κ3) is 4.41. The first kappa shape index (κ1) is 18.0. The van der Waals surface area contributed by atoms with Crippen LogP contribution >= 0.6 is 23.2 Å². The third-order valence-corrected chi connectivity index (χ3v) is 3.97. The number of carbonyl (C=O) groups is 1. The Hall–Kier alpha value is -2.83. The monoisotopic (exact) mass is 388 g/mol. The number of aromatic nitrogens is 2. The number of hydrogen-bond donors (Lipinski definition) is 2. The fourth-order valence-electron chi connectivity index (χ4n) is 2.13. The van der Waals surface area contributed by atoms with Crippen molar-refractivity contribution in [2.24, 2.45) is 0 Å². The number of benzene rings is 2. The van der Waals surface area contributed by atoms with E-state index in [-0.39, 0.29) is 5.91 Å². The van der Waals surface area contributed by atoms with E-state index in [1.165, 1.54) is 12.4 Å². The quantitative estimate of drug-likeness (QED) is 0.656. The van der Waals surface area contributed by atoms with E-state index in [4.69, 9.17) is 27.9 Å². The molecule has 0 spiro atoms. The standard InChI is InChI=1S/C18H14Cl2N4O2/c1-26-14-4-2-3-13(8-14)23-18-21-9-11(10-22-18)17(25)24-16-6-5-12(19)7-15(16)20/h2-10H,1H3,(H,24,25)(H,21,22,23). The summed E-state index contributed by atoms with van der Waals surface area (Å²) in [6.07, 6.45) is 2.85. The molecular formula is C18H14Cl2N4O2. The Morgan fingerprint density at radius 1 is 1.08 bits per heavy atom. The molecule has 2 N–H and O–H groups in total. The molecular weight excluding hydrogens is 375 g/mol. The zero-order chi connectivity index (χ0) is 18.5. The van der Waals surface area contributed by atoms with Gasteiger partial charge in [-0.2, -0.15) is 0 Å². The van der Waals surface area contributed by atoms with Crippen LogP contribution in [0.2, 0.25) is 10.0 Å². The SMILES string of the molecule is COc1cccc(Nc2ncc(C(=O)Nc3ccc(Cl)cc3Cl)cn2)c1. The summed E-state index contributed by atoms with van der Waals surface area (Å²) in [5.74, 6) is 0.701. The molecule has 0 radical (unpaired) electrons. The molecule has 0 saturated carbocycles. The second-order valence-corrected chi connectivity index (χ2v) is 6.07. The van der Waals surface area contributed by atoms with Crippen LogP contribution in [0.4, 0.5) is 17.3 Å². The number of halogens is 2. The van der Waals surface area contributed by atoms with E-state index in [0.29, 0.717) is 33.0 Å². The lowest BCUT2D eigenvalue weighted by molar-refractivity contribution is 0.102. The maximum atomic E-state index is 12.3. The number of carbonyl (C=O) groups excluding carboxylic acids is 1. The van der Waals surface area contributed by atoms with Gasteiger partial charge in [0.1, 0.15) is 5.75 Å². The van der Waals surface area contributed by atoms with Gasteiger partial charge in [0.15, 0.2) is 0 Å². The molecule has 3 rings (SSSR count). The summed E-state index contributed by atoms with van der Waals surface area (Å²) >= 11 is 11.9. The van der Waals surface area contributed by atoms with Gasteiger partial charge in [-0.1, -0.05) is 29.3 Å². The predicted octanol–water partition coefficient (Wildman–Crippen LogP) is 4.79. The van der Waals surface area contributed by atoms with Crippen LogP contribution < -0.4 is 15.4 Å². The van der Waals surface area contributed by atoms with Gasteiger partial charge in [-0.15, -0.1) is 0 Å². The fourth-order valence-corrected chi connectivity index (χ4v) is 2.58. The molecule has 6 nitrogen and oxygen atoms in total. The highest BCUT2D eigenvalue weighted by Gasteiger charge is 2.10. The molecule has 1 amide bonds. The molecule has 0 bridgehead atoms. The molecule has 3 aromatic rings. The maximum Gasteiger partial charge on any atom is 0.258 e. The summed E-state index contributed by atoms with van der Waals surface area (Å²) in [6, 6.07) is 12.2. The van der Waals surface area contributed by atoms with E-state index in [1.807, 2.05) is 24.3 Å². The van der Waals surface area contributed by atoms with E-state index >= 15 is 0 Å². The number of ether oxygens (including phenoxy) is 1. The van der Waals surface area contributed by atoms with E-state index in [0.717, 1.165) is 5.69 Å². The van der Waals surface area contributed by atoms with Crippen molar-refractivity contribution in [2.45, 2.75) is 0 Å². The number of anilines is 3. The highest BCUT2D eigenvalue weighted by atomic mass is 35.5. The van der Waals surface area contributed by atoms with Gasteiger partial charge in [0, 0.05) is 29.2 Å². The highest BCUT2D eigenvalue weighted by Crippen LogP contribution is 2.26. The minimum absolute atomic E-state index is 0.298. The molecule has 0 fully saturated rings. The summed E-state index contributed by atoms with van der Waals surface area (Å²) in [4.78, 5) is 20.6. The number of rotatable bonds is 5. The van der Waals surface area contributed by atoms with Crippen molar-refractivity contribution in [3.05, 3.63) is 70.5 Å². The topological polar surface area (TPSA) is 76.1 Å². The van der Waals surface area contributed by atoms with Crippen LogP contribution in [0.25, 0.3) is 0 Å². The first-order valence-electron chi connectivity index (χ1n) is 7.54. The fraction of sp³-hybridized carbons (Fsp3) is 0.0556. The van der Waals surface area contributed by atoms with Crippen LogP contribution in [-0.4, -0.2) is 23.0 Å². The summed E-state index contributed by atoms with van der Waals surface area (Å²) in [7, 11) is 1.59. The van der Waals surface area contributed by atoms with Crippen molar-refractivity contribution in [3.63, 3.8) is 0 Å². The second-order valence-electron chi connectivity index (χ2n) is 5.23. The average Bonchev–Trinajstić information content (AvgIpc) is 2.64. The number of methoxy groups -OCH3 is 1. The van der Waals surface area contributed by atoms with Crippen LogP contribution in [0.3, 0.4) is 0 Å². The lowest BCUT2D eigenvalue weighted by Crippen LogP contribution is -2.13. The van der Waals surface area contributed by atoms with E-state index in [1.54, 1.807) is 25.3 Å². The molecule has 0 unspecified atom stereocenters. The first-order valence-corrected chi connectivity index (χ1v) is 8.30. The van der Waals surface area contributed by atoms with Crippen molar-refractivity contribution < 1.29 is 9.53 Å². The van der Waals surface area contributed by atoms with Gasteiger partial charge in [0.05, 0.1) is 23.4 Å². The summed E-state index contributed by atoms with van der Waals surface area (Å²) in [5, 5.41) is 6.57. The minimum Gasteiger partial charge on any atom is -0.497 e. The van der Waals surface area contributed by atoms with Crippen molar-refractivity contribution in [1.82, 2.24) is 9.97 Å². The van der Waals surface area contributed by atoms with Gasteiger partial charge in [-0.05, 0) is 30.3 Å². The van der Waals surface area contributed by atoms with Crippen LogP contribution in [0, 0.1) is 0 Å². The maximum absolute atomic E-state index is 12.3. The molecule has 132 valence electrons. The van der Waals surface area contributed by atoms with Gasteiger partial charge < -0.3 is 15.4 Å². The van der Waals surface area contributed by atoms with Gasteiger partial charge in [0.25, 0.3) is 5.91 Å². The average molecular weight is 389 g/mol. The molecule has 2 aromatic carbocycles. The lowest BCUT2D eigenvalue weighted by atomic mass is 10.2. The van der Waals surface area contributed by atoms with Crippen LogP contribution in [0.1, 0.15) is 10.4 Å². The molecule has 0 aliphatic carbocycles. The Bertz CT molecular complexity index is 933. The lowest BCUT2D eigenvalue weighted by Gasteiger charge is -2.09. The smallest absolute Gasteiger partial charge is 0.258 e. The molecule has 1 aromatic heterocycles. The van der Waals surface area contributed by atoms with Crippen LogP contribution in [0.15, 0.2) is 54.9 Å². The number of hydrogen-bond acceptors (Lipinski definition) is 5. The zero-order valence-corrected chi connectivity index (χ0v) is 15.2. The van der Waals surface area contributed by atoms with Crippen molar-refractivity contribution >= 4 is 46.4 Å². The van der Waals surface area contributed by atoms with Crippen molar-refractivity contribution in [2.75, 3.05) is 17.7 Å². The molecule has 26 heavy (non-hydrogen) atoms. The van der Waals surface area contributed by atoms with Crippen molar-refractivity contribution in [3.8, 4) is 5.75 Å². The molecule has 0 atom stereocenters. The first-order chi connectivity index (χ1) is 12.5. The van der Waals surface area contributed by atoms with E-state index < -0.39 is 0 Å². The predicted molar refractivity (Wildman–Crippen MR) is 103 cm³/mol. The Kier molecular flexibility index (Phi) is 5.55. The van der Waals surface area contributed by atoms with Crippen molar-refractivity contribution in [1.29, 1.82) is 0 Å². The molecule has 1 heterocycles. The number of amides is 1. The number of nitrogens with zero attached hydrogens (tertiary/aromatic N) is 2. The Labute approximate surface area is 160 Å². The van der Waals surface area contributed by atoms with Gasteiger partial charge in [-0.3, -0.25) is 4.79 Å². The van der Waals surface area contributed by atoms with E-state index in [2.05, 4.69) is 20.6 Å². The van der Waals surface area contributed by atoms with Gasteiger partial charge in [-0.25, -0.2) is 9.97 Å². The van der Waals surface area contributed by atoms with Crippen LogP contribution in [0.5, 0.6) is 5.75 Å². The summed E-state index contributed by atoms with van der Waals surface area (Å²) in [5.41, 5.74) is 1.53. The number of nitrogens with one attached hydrogen (secondary N) is 2. The van der Waals surface area contributed by atoms with Gasteiger partial charge >= 0.3 is 0 Å². The van der Waals surface area contributed by atoms with E-state index in [9.17, 15) is 4.79 Å². The Balaban J connectivity index is 1.69. The second kappa shape index (κ2) is 8.03. The minimum atomic E-state index is -0.373. The summed E-state index contributed by atoms with van der Waals surface area (Å²) < 4.78 is 5.16. The molecule has 0 saturated heterocycles. The van der Waals surface area contributed by atoms with Gasteiger partial charge in [0.2, 0.25) is 5.95 Å². The normalized spacial score (nSPS) is 10.3. The molecule has 8 heteroatoms. The molecule has 0 aliphatic heterocycles. The Morgan fingerprint density at radius 3 is 2.54 bits per heavy atom. The van der Waals surface area contributed by atoms with Crippen LogP contribution in [-0.2, 0) is 0 Å². The zero-order valence-electron chi connectivity index (χ0n) is 13.7.